The summed E-state index contributed by atoms with van der Waals surface area (Å²) in [7, 11) is 5.81. The molecule has 4 aromatic rings. The second-order valence-corrected chi connectivity index (χ2v) is 8.64. The summed E-state index contributed by atoms with van der Waals surface area (Å²) < 4.78 is 14.1. The van der Waals surface area contributed by atoms with Crippen LogP contribution < -0.4 is 15.0 Å². The molecule has 0 fully saturated rings. The Morgan fingerprint density at radius 3 is 2.64 bits per heavy atom. The molecule has 6 heteroatoms. The molecule has 2 heterocycles. The summed E-state index contributed by atoms with van der Waals surface area (Å²) >= 11 is 0. The van der Waals surface area contributed by atoms with Gasteiger partial charge in [-0.1, -0.05) is 54.6 Å². The lowest BCUT2D eigenvalue weighted by molar-refractivity contribution is 0.378. The average molecular weight is 441 g/mol. The monoisotopic (exact) mass is 440 g/mol. The highest BCUT2D eigenvalue weighted by atomic mass is 16.5. The number of nitrogens with zero attached hydrogens (tertiary/aromatic N) is 3. The Balaban J connectivity index is 1.73. The number of para-hydroxylation sites is 1. The van der Waals surface area contributed by atoms with Gasteiger partial charge in [-0.3, -0.25) is 5.41 Å². The number of ether oxygens (including phenoxy) is 2. The van der Waals surface area contributed by atoms with Crippen molar-refractivity contribution in [3.05, 3.63) is 89.2 Å². The SMILES string of the molecule is COc1ccccc1[C@@H]1c2ccc3ccccc3c2Oc2ncn(CCCN(C)C)c(=N)c21. The van der Waals surface area contributed by atoms with Crippen molar-refractivity contribution in [2.75, 3.05) is 27.7 Å². The van der Waals surface area contributed by atoms with Crippen LogP contribution in [0, 0.1) is 5.41 Å². The minimum atomic E-state index is -0.217. The molecule has 0 bridgehead atoms. The van der Waals surface area contributed by atoms with E-state index in [9.17, 15) is 0 Å². The van der Waals surface area contributed by atoms with Crippen LogP contribution in [0.5, 0.6) is 17.4 Å². The van der Waals surface area contributed by atoms with Gasteiger partial charge in [0.05, 0.1) is 18.6 Å². The lowest BCUT2D eigenvalue weighted by Gasteiger charge is -2.30. The third-order valence-corrected chi connectivity index (χ3v) is 6.25. The molecule has 0 saturated heterocycles. The van der Waals surface area contributed by atoms with E-state index in [-0.39, 0.29) is 5.92 Å². The molecule has 0 saturated carbocycles. The molecule has 1 atom stereocenters. The van der Waals surface area contributed by atoms with Crippen LogP contribution in [-0.4, -0.2) is 42.2 Å². The first kappa shape index (κ1) is 21.2. The Hall–Kier alpha value is -3.64. The number of fused-ring (bicyclic) bond motifs is 4. The van der Waals surface area contributed by atoms with Crippen LogP contribution >= 0.6 is 0 Å². The fourth-order valence-electron chi connectivity index (χ4n) is 4.65. The summed E-state index contributed by atoms with van der Waals surface area (Å²) in [6, 6.07) is 20.5. The average Bonchev–Trinajstić information content (AvgIpc) is 2.84. The van der Waals surface area contributed by atoms with E-state index in [1.54, 1.807) is 13.4 Å². The number of nitrogens with one attached hydrogen (secondary N) is 1. The first-order valence-corrected chi connectivity index (χ1v) is 11.2. The molecule has 6 nitrogen and oxygen atoms in total. The van der Waals surface area contributed by atoms with Crippen LogP contribution in [0.2, 0.25) is 0 Å². The van der Waals surface area contributed by atoms with Crippen molar-refractivity contribution in [1.29, 1.82) is 5.41 Å². The van der Waals surface area contributed by atoms with Gasteiger partial charge < -0.3 is 18.9 Å². The van der Waals surface area contributed by atoms with Gasteiger partial charge in [0, 0.05) is 23.1 Å². The number of methoxy groups -OCH3 is 1. The zero-order valence-corrected chi connectivity index (χ0v) is 19.2. The Bertz CT molecular complexity index is 1380. The van der Waals surface area contributed by atoms with Gasteiger partial charge in [0.15, 0.2) is 0 Å². The third kappa shape index (κ3) is 3.76. The summed E-state index contributed by atoms with van der Waals surface area (Å²) in [5, 5.41) is 11.3. The molecule has 3 aromatic carbocycles. The van der Waals surface area contributed by atoms with Gasteiger partial charge in [-0.2, -0.15) is 0 Å². The van der Waals surface area contributed by atoms with E-state index < -0.39 is 0 Å². The molecular formula is C27H28N4O2. The molecular weight excluding hydrogens is 412 g/mol. The Labute approximate surface area is 193 Å². The molecule has 0 radical (unpaired) electrons. The number of aryl methyl sites for hydroxylation is 1. The summed E-state index contributed by atoms with van der Waals surface area (Å²) in [5.74, 6) is 1.86. The van der Waals surface area contributed by atoms with Crippen LogP contribution in [0.4, 0.5) is 0 Å². The van der Waals surface area contributed by atoms with Crippen LogP contribution in [0.1, 0.15) is 29.0 Å². The summed E-state index contributed by atoms with van der Waals surface area (Å²) in [6.45, 7) is 1.67. The van der Waals surface area contributed by atoms with Gasteiger partial charge in [-0.25, -0.2) is 4.98 Å². The van der Waals surface area contributed by atoms with Crippen molar-refractivity contribution in [3.8, 4) is 17.4 Å². The molecule has 0 spiro atoms. The summed E-state index contributed by atoms with van der Waals surface area (Å²) in [6.07, 6.45) is 2.66. The predicted octanol–water partition coefficient (Wildman–Crippen LogP) is 4.76. The Morgan fingerprint density at radius 1 is 1.03 bits per heavy atom. The quantitative estimate of drug-likeness (QED) is 0.413. The van der Waals surface area contributed by atoms with Crippen molar-refractivity contribution in [2.24, 2.45) is 0 Å². The lowest BCUT2D eigenvalue weighted by atomic mass is 9.82. The minimum Gasteiger partial charge on any atom is -0.496 e. The van der Waals surface area contributed by atoms with E-state index >= 15 is 0 Å². The first-order chi connectivity index (χ1) is 16.1. The Morgan fingerprint density at radius 2 is 1.82 bits per heavy atom. The van der Waals surface area contributed by atoms with E-state index in [1.807, 2.05) is 34.9 Å². The molecule has 1 aromatic heterocycles. The largest absolute Gasteiger partial charge is 0.496 e. The number of hydrogen-bond donors (Lipinski definition) is 1. The summed E-state index contributed by atoms with van der Waals surface area (Å²) in [5.41, 5.74) is 3.22. The summed E-state index contributed by atoms with van der Waals surface area (Å²) in [4.78, 5) is 6.83. The van der Waals surface area contributed by atoms with E-state index in [0.717, 1.165) is 58.5 Å². The van der Waals surface area contributed by atoms with Crippen LogP contribution in [0.3, 0.4) is 0 Å². The molecule has 1 N–H and O–H groups in total. The normalized spacial score (nSPS) is 14.6. The molecule has 0 amide bonds. The topological polar surface area (TPSA) is 63.4 Å². The third-order valence-electron chi connectivity index (χ3n) is 6.25. The van der Waals surface area contributed by atoms with Crippen molar-refractivity contribution in [3.63, 3.8) is 0 Å². The number of benzene rings is 3. The number of hydrogen-bond acceptors (Lipinski definition) is 5. The minimum absolute atomic E-state index is 0.217. The number of rotatable bonds is 6. The van der Waals surface area contributed by atoms with E-state index in [2.05, 4.69) is 54.3 Å². The highest BCUT2D eigenvalue weighted by molar-refractivity contribution is 5.91. The van der Waals surface area contributed by atoms with Crippen LogP contribution in [0.25, 0.3) is 10.8 Å². The van der Waals surface area contributed by atoms with Crippen molar-refractivity contribution < 1.29 is 9.47 Å². The van der Waals surface area contributed by atoms with Crippen LogP contribution in [-0.2, 0) is 6.54 Å². The fraction of sp³-hybridized carbons (Fsp3) is 0.259. The van der Waals surface area contributed by atoms with Crippen molar-refractivity contribution in [2.45, 2.75) is 18.9 Å². The highest BCUT2D eigenvalue weighted by Gasteiger charge is 2.34. The van der Waals surface area contributed by atoms with E-state index in [1.165, 1.54) is 0 Å². The fourth-order valence-corrected chi connectivity index (χ4v) is 4.65. The second-order valence-electron chi connectivity index (χ2n) is 8.64. The molecule has 1 aliphatic rings. The molecule has 0 unspecified atom stereocenters. The van der Waals surface area contributed by atoms with Gasteiger partial charge in [0.25, 0.3) is 0 Å². The zero-order valence-electron chi connectivity index (χ0n) is 19.2. The van der Waals surface area contributed by atoms with E-state index in [0.29, 0.717) is 11.4 Å². The van der Waals surface area contributed by atoms with Gasteiger partial charge >= 0.3 is 0 Å². The molecule has 0 aliphatic carbocycles. The van der Waals surface area contributed by atoms with Gasteiger partial charge in [0.2, 0.25) is 5.88 Å². The highest BCUT2D eigenvalue weighted by Crippen LogP contribution is 2.49. The standard InChI is InChI=1S/C27H28N4O2/c1-30(2)15-8-16-31-17-29-27-24(26(31)28)23(20-11-6-7-12-22(20)32-3)21-14-13-18-9-4-5-10-19(18)25(21)33-27/h4-7,9-14,17,23,28H,8,15-16H2,1-3H3/t23-/m1/s1. The second kappa shape index (κ2) is 8.71. The zero-order chi connectivity index (χ0) is 22.9. The Kier molecular flexibility index (Phi) is 5.60. The van der Waals surface area contributed by atoms with Crippen molar-refractivity contribution >= 4 is 10.8 Å². The molecule has 5 rings (SSSR count). The number of aromatic nitrogens is 2. The predicted molar refractivity (Wildman–Crippen MR) is 129 cm³/mol. The van der Waals surface area contributed by atoms with Gasteiger partial charge in [-0.15, -0.1) is 0 Å². The lowest BCUT2D eigenvalue weighted by Crippen LogP contribution is -2.30. The van der Waals surface area contributed by atoms with Crippen LogP contribution in [0.15, 0.2) is 67.0 Å². The molecule has 33 heavy (non-hydrogen) atoms. The van der Waals surface area contributed by atoms with Crippen molar-refractivity contribution in [1.82, 2.24) is 14.5 Å². The van der Waals surface area contributed by atoms with Gasteiger partial charge in [-0.05, 0) is 38.5 Å². The maximum Gasteiger partial charge on any atom is 0.228 e. The first-order valence-electron chi connectivity index (χ1n) is 11.2. The van der Waals surface area contributed by atoms with E-state index in [4.69, 9.17) is 14.9 Å². The van der Waals surface area contributed by atoms with Gasteiger partial charge in [0.1, 0.15) is 23.3 Å². The maximum atomic E-state index is 9.11. The molecule has 168 valence electrons. The smallest absolute Gasteiger partial charge is 0.228 e. The molecule has 1 aliphatic heterocycles. The maximum absolute atomic E-state index is 9.11.